The molecule has 1 heterocycles. The van der Waals surface area contributed by atoms with Crippen molar-refractivity contribution in [2.75, 3.05) is 7.11 Å². The third-order valence-corrected chi connectivity index (χ3v) is 5.49. The predicted octanol–water partition coefficient (Wildman–Crippen LogP) is 4.84. The summed E-state index contributed by atoms with van der Waals surface area (Å²) in [5.41, 5.74) is 5.12. The first-order valence-electron chi connectivity index (χ1n) is 11.1. The second kappa shape index (κ2) is 11.8. The third-order valence-electron chi connectivity index (χ3n) is 5.24. The van der Waals surface area contributed by atoms with Gasteiger partial charge in [-0.2, -0.15) is 10.2 Å². The zero-order valence-electron chi connectivity index (χ0n) is 19.7. The van der Waals surface area contributed by atoms with Crippen LogP contribution < -0.4 is 14.9 Å². The highest BCUT2D eigenvalue weighted by Gasteiger charge is 2.10. The normalized spacial score (nSPS) is 10.9. The molecule has 0 atom stereocenters. The minimum absolute atomic E-state index is 0.00917. The molecular weight excluding hydrogens is 498 g/mol. The zero-order chi connectivity index (χ0) is 26.2. The molecule has 188 valence electrons. The Bertz CT molecular complexity index is 1420. The molecule has 1 amide bonds. The van der Waals surface area contributed by atoms with Gasteiger partial charge < -0.3 is 9.47 Å². The average molecular weight is 520 g/mol. The number of non-ortho nitro benzene ring substituents is 1. The summed E-state index contributed by atoms with van der Waals surface area (Å²) in [6.07, 6.45) is 3.19. The number of amides is 1. The SMILES string of the molecule is COc1ccc(C=NNC(=O)c2ccn(Cc3ccc(Cl)cc3)n2)cc1OCc1ccc([N+](=O)[O-])cc1. The van der Waals surface area contributed by atoms with Gasteiger partial charge in [-0.25, -0.2) is 5.43 Å². The third kappa shape index (κ3) is 6.92. The molecule has 37 heavy (non-hydrogen) atoms. The Labute approximate surface area is 217 Å². The van der Waals surface area contributed by atoms with Gasteiger partial charge in [-0.3, -0.25) is 19.6 Å². The molecule has 3 aromatic carbocycles. The summed E-state index contributed by atoms with van der Waals surface area (Å²) < 4.78 is 12.8. The Hall–Kier alpha value is -4.70. The number of nitrogens with zero attached hydrogens (tertiary/aromatic N) is 4. The van der Waals surface area contributed by atoms with Crippen LogP contribution in [0.1, 0.15) is 27.2 Å². The second-order valence-corrected chi connectivity index (χ2v) is 8.28. The van der Waals surface area contributed by atoms with Crippen molar-refractivity contribution in [1.82, 2.24) is 15.2 Å². The van der Waals surface area contributed by atoms with Crippen LogP contribution in [-0.2, 0) is 13.2 Å². The number of hydrogen-bond acceptors (Lipinski definition) is 7. The van der Waals surface area contributed by atoms with Crippen LogP contribution in [0.5, 0.6) is 11.5 Å². The number of nitro benzene ring substituents is 1. The van der Waals surface area contributed by atoms with Gasteiger partial charge in [0.25, 0.3) is 11.6 Å². The Morgan fingerprint density at radius 1 is 1.08 bits per heavy atom. The Morgan fingerprint density at radius 3 is 2.51 bits per heavy atom. The van der Waals surface area contributed by atoms with Crippen molar-refractivity contribution in [3.05, 3.63) is 117 Å². The number of hydrazone groups is 1. The zero-order valence-corrected chi connectivity index (χ0v) is 20.5. The summed E-state index contributed by atoms with van der Waals surface area (Å²) in [5.74, 6) is 0.514. The molecule has 1 N–H and O–H groups in total. The number of carbonyl (C=O) groups is 1. The molecule has 4 rings (SSSR count). The Morgan fingerprint density at radius 2 is 1.81 bits per heavy atom. The lowest BCUT2D eigenvalue weighted by Crippen LogP contribution is -2.18. The highest BCUT2D eigenvalue weighted by molar-refractivity contribution is 6.30. The van der Waals surface area contributed by atoms with Gasteiger partial charge in [-0.1, -0.05) is 23.7 Å². The molecule has 0 aliphatic heterocycles. The lowest BCUT2D eigenvalue weighted by atomic mass is 10.2. The quantitative estimate of drug-likeness (QED) is 0.182. The summed E-state index contributed by atoms with van der Waals surface area (Å²) in [5, 5.41) is 19.8. The summed E-state index contributed by atoms with van der Waals surface area (Å²) in [6.45, 7) is 0.687. The van der Waals surface area contributed by atoms with E-state index >= 15 is 0 Å². The maximum Gasteiger partial charge on any atom is 0.291 e. The van der Waals surface area contributed by atoms with Crippen LogP contribution in [0, 0.1) is 10.1 Å². The van der Waals surface area contributed by atoms with E-state index in [9.17, 15) is 14.9 Å². The number of benzene rings is 3. The molecule has 0 saturated heterocycles. The van der Waals surface area contributed by atoms with Gasteiger partial charge >= 0.3 is 0 Å². The van der Waals surface area contributed by atoms with Crippen LogP contribution >= 0.6 is 11.6 Å². The molecule has 0 aliphatic rings. The number of methoxy groups -OCH3 is 1. The predicted molar refractivity (Wildman–Crippen MR) is 138 cm³/mol. The van der Waals surface area contributed by atoms with Crippen LogP contribution in [0.2, 0.25) is 5.02 Å². The van der Waals surface area contributed by atoms with Gasteiger partial charge in [0.15, 0.2) is 17.2 Å². The van der Waals surface area contributed by atoms with E-state index in [2.05, 4.69) is 15.6 Å². The first-order valence-corrected chi connectivity index (χ1v) is 11.4. The van der Waals surface area contributed by atoms with Crippen LogP contribution in [0.25, 0.3) is 0 Å². The number of ether oxygens (including phenoxy) is 2. The second-order valence-electron chi connectivity index (χ2n) is 7.85. The van der Waals surface area contributed by atoms with E-state index in [0.29, 0.717) is 28.6 Å². The van der Waals surface area contributed by atoms with E-state index in [4.69, 9.17) is 21.1 Å². The van der Waals surface area contributed by atoms with Gasteiger partial charge in [-0.05, 0) is 65.2 Å². The maximum atomic E-state index is 12.4. The fourth-order valence-electron chi connectivity index (χ4n) is 3.33. The van der Waals surface area contributed by atoms with E-state index in [0.717, 1.165) is 11.1 Å². The first-order chi connectivity index (χ1) is 17.9. The molecule has 0 radical (unpaired) electrons. The molecule has 0 bridgehead atoms. The Balaban J connectivity index is 1.35. The van der Waals surface area contributed by atoms with E-state index in [-0.39, 0.29) is 18.0 Å². The number of rotatable bonds is 10. The standard InChI is InChI=1S/C26H22ClN5O5/c1-36-24-11-6-20(14-25(24)37-17-19-4-9-22(10-5-19)32(34)35)15-28-29-26(33)23-12-13-31(30-23)16-18-2-7-21(27)8-3-18/h2-15H,16-17H2,1H3,(H,29,33). The molecule has 4 aromatic rings. The monoisotopic (exact) mass is 519 g/mol. The van der Waals surface area contributed by atoms with E-state index in [1.54, 1.807) is 59.4 Å². The van der Waals surface area contributed by atoms with Crippen LogP contribution in [0.4, 0.5) is 5.69 Å². The molecule has 0 saturated carbocycles. The average Bonchev–Trinajstić information content (AvgIpc) is 3.37. The van der Waals surface area contributed by atoms with Crippen molar-refractivity contribution in [3.63, 3.8) is 0 Å². The summed E-state index contributed by atoms with van der Waals surface area (Å²) in [4.78, 5) is 22.8. The number of nitrogens with one attached hydrogen (secondary N) is 1. The van der Waals surface area contributed by atoms with Gasteiger partial charge in [0.1, 0.15) is 6.61 Å². The van der Waals surface area contributed by atoms with Crippen molar-refractivity contribution in [2.45, 2.75) is 13.2 Å². The van der Waals surface area contributed by atoms with Crippen LogP contribution in [0.15, 0.2) is 84.1 Å². The minimum atomic E-state index is -0.456. The summed E-state index contributed by atoms with van der Waals surface area (Å²) in [7, 11) is 1.52. The van der Waals surface area contributed by atoms with E-state index < -0.39 is 10.8 Å². The molecule has 0 aliphatic carbocycles. The van der Waals surface area contributed by atoms with Gasteiger partial charge in [-0.15, -0.1) is 0 Å². The minimum Gasteiger partial charge on any atom is -0.493 e. The highest BCUT2D eigenvalue weighted by Crippen LogP contribution is 2.28. The van der Waals surface area contributed by atoms with Crippen LogP contribution in [0.3, 0.4) is 0 Å². The van der Waals surface area contributed by atoms with E-state index in [1.807, 2.05) is 12.1 Å². The van der Waals surface area contributed by atoms with Crippen molar-refractivity contribution >= 4 is 29.4 Å². The first kappa shape index (κ1) is 25.4. The van der Waals surface area contributed by atoms with Crippen molar-refractivity contribution < 1.29 is 19.2 Å². The fourth-order valence-corrected chi connectivity index (χ4v) is 3.46. The summed E-state index contributed by atoms with van der Waals surface area (Å²) >= 11 is 5.91. The van der Waals surface area contributed by atoms with Gasteiger partial charge in [0.05, 0.1) is 24.8 Å². The largest absolute Gasteiger partial charge is 0.493 e. The van der Waals surface area contributed by atoms with Gasteiger partial charge in [0.2, 0.25) is 0 Å². The van der Waals surface area contributed by atoms with Crippen molar-refractivity contribution in [2.24, 2.45) is 5.10 Å². The Kier molecular flexibility index (Phi) is 8.11. The van der Waals surface area contributed by atoms with Crippen LogP contribution in [-0.4, -0.2) is 33.9 Å². The molecule has 0 fully saturated rings. The molecule has 0 spiro atoms. The molecule has 10 nitrogen and oxygen atoms in total. The van der Waals surface area contributed by atoms with Gasteiger partial charge in [0, 0.05) is 23.4 Å². The molecule has 0 unspecified atom stereocenters. The van der Waals surface area contributed by atoms with Crippen molar-refractivity contribution in [3.8, 4) is 11.5 Å². The highest BCUT2D eigenvalue weighted by atomic mass is 35.5. The molecular formula is C26H22ClN5O5. The topological polar surface area (TPSA) is 121 Å². The molecule has 1 aromatic heterocycles. The lowest BCUT2D eigenvalue weighted by Gasteiger charge is -2.11. The number of aromatic nitrogens is 2. The fraction of sp³-hybridized carbons (Fsp3) is 0.115. The lowest BCUT2D eigenvalue weighted by molar-refractivity contribution is -0.384. The number of hydrogen-bond donors (Lipinski definition) is 1. The smallest absolute Gasteiger partial charge is 0.291 e. The maximum absolute atomic E-state index is 12.4. The number of nitro groups is 1. The van der Waals surface area contributed by atoms with E-state index in [1.165, 1.54) is 25.5 Å². The summed E-state index contributed by atoms with van der Waals surface area (Å²) in [6, 6.07) is 20.3. The number of carbonyl (C=O) groups excluding carboxylic acids is 1. The number of halogens is 1. The molecule has 11 heteroatoms. The van der Waals surface area contributed by atoms with Crippen molar-refractivity contribution in [1.29, 1.82) is 0 Å².